The lowest BCUT2D eigenvalue weighted by atomic mass is 10.2. The first-order chi connectivity index (χ1) is 12.5. The van der Waals surface area contributed by atoms with E-state index in [9.17, 15) is 19.7 Å². The molecule has 0 saturated carbocycles. The highest BCUT2D eigenvalue weighted by atomic mass is 16.6. The van der Waals surface area contributed by atoms with Gasteiger partial charge in [-0.1, -0.05) is 6.07 Å². The van der Waals surface area contributed by atoms with E-state index in [4.69, 9.17) is 4.74 Å². The van der Waals surface area contributed by atoms with Gasteiger partial charge in [0.2, 0.25) is 0 Å². The molecule has 10 nitrogen and oxygen atoms in total. The summed E-state index contributed by atoms with van der Waals surface area (Å²) >= 11 is 0. The van der Waals surface area contributed by atoms with E-state index >= 15 is 0 Å². The number of rotatable bonds is 4. The summed E-state index contributed by atoms with van der Waals surface area (Å²) in [6.07, 6.45) is 1.38. The lowest BCUT2D eigenvalue weighted by Crippen LogP contribution is -2.41. The Morgan fingerprint density at radius 1 is 1.31 bits per heavy atom. The number of non-ortho nitro benzene ring substituents is 1. The molecule has 1 saturated heterocycles. The molecule has 0 spiro atoms. The Hall–Kier alpha value is -3.27. The van der Waals surface area contributed by atoms with E-state index in [-0.39, 0.29) is 28.5 Å². The van der Waals surface area contributed by atoms with Gasteiger partial charge in [-0.3, -0.25) is 24.4 Å². The molecule has 2 aromatic rings. The number of nitro groups is 1. The minimum Gasteiger partial charge on any atom is -0.378 e. The highest BCUT2D eigenvalue weighted by Crippen LogP contribution is 2.20. The minimum absolute atomic E-state index is 0.118. The van der Waals surface area contributed by atoms with Crippen molar-refractivity contribution in [3.63, 3.8) is 0 Å². The maximum atomic E-state index is 12.7. The van der Waals surface area contributed by atoms with Crippen LogP contribution in [-0.4, -0.2) is 57.7 Å². The van der Waals surface area contributed by atoms with Crippen LogP contribution in [0.3, 0.4) is 0 Å². The molecule has 136 valence electrons. The normalized spacial score (nSPS) is 14.1. The van der Waals surface area contributed by atoms with Crippen LogP contribution in [0.4, 0.5) is 11.4 Å². The van der Waals surface area contributed by atoms with Gasteiger partial charge in [0.25, 0.3) is 17.5 Å². The number of carbonyl (C=O) groups excluding carboxylic acids is 2. The highest BCUT2D eigenvalue weighted by molar-refractivity contribution is 6.08. The monoisotopic (exact) mass is 359 g/mol. The molecule has 0 bridgehead atoms. The first-order valence-corrected chi connectivity index (χ1v) is 7.92. The molecule has 1 aromatic heterocycles. The molecule has 1 fully saturated rings. The summed E-state index contributed by atoms with van der Waals surface area (Å²) < 4.78 is 6.63. The number of amides is 2. The number of aromatic nitrogens is 2. The van der Waals surface area contributed by atoms with E-state index in [1.807, 2.05) is 0 Å². The summed E-state index contributed by atoms with van der Waals surface area (Å²) in [6.45, 7) is 1.84. The third kappa shape index (κ3) is 3.54. The van der Waals surface area contributed by atoms with Gasteiger partial charge in [0.1, 0.15) is 5.69 Å². The Kier molecular flexibility index (Phi) is 4.94. The topological polar surface area (TPSA) is 120 Å². The van der Waals surface area contributed by atoms with E-state index < -0.39 is 10.8 Å². The molecule has 0 aliphatic carbocycles. The van der Waals surface area contributed by atoms with Crippen molar-refractivity contribution in [3.05, 3.63) is 51.8 Å². The third-order valence-electron chi connectivity index (χ3n) is 4.01. The number of anilines is 1. The van der Waals surface area contributed by atoms with Gasteiger partial charge in [-0.05, 0) is 6.07 Å². The van der Waals surface area contributed by atoms with Crippen LogP contribution in [0.25, 0.3) is 0 Å². The van der Waals surface area contributed by atoms with Crippen molar-refractivity contribution < 1.29 is 19.2 Å². The number of ether oxygens (including phenoxy) is 1. The second-order valence-corrected chi connectivity index (χ2v) is 5.70. The molecule has 1 aromatic carbocycles. The maximum Gasteiger partial charge on any atom is 0.274 e. The van der Waals surface area contributed by atoms with Crippen molar-refractivity contribution in [1.82, 2.24) is 14.7 Å². The summed E-state index contributed by atoms with van der Waals surface area (Å²) in [5, 5.41) is 17.5. The molecule has 10 heteroatoms. The van der Waals surface area contributed by atoms with Crippen molar-refractivity contribution in [2.24, 2.45) is 7.05 Å². The fourth-order valence-corrected chi connectivity index (χ4v) is 2.65. The second kappa shape index (κ2) is 7.31. The summed E-state index contributed by atoms with van der Waals surface area (Å²) in [6, 6.07) is 5.36. The third-order valence-corrected chi connectivity index (χ3v) is 4.01. The fourth-order valence-electron chi connectivity index (χ4n) is 2.65. The Labute approximate surface area is 148 Å². The van der Waals surface area contributed by atoms with Crippen molar-refractivity contribution in [2.45, 2.75) is 0 Å². The Balaban J connectivity index is 1.82. The standard InChI is InChI=1S/C16H17N5O5/c1-19-14(16(23)20-5-7-26-8-6-20)13(10-17-19)18-15(22)11-3-2-4-12(9-11)21(24)25/h2-4,9-10H,5-8H2,1H3,(H,18,22). The molecule has 0 unspecified atom stereocenters. The number of nitrogens with zero attached hydrogens (tertiary/aromatic N) is 4. The van der Waals surface area contributed by atoms with E-state index in [0.717, 1.165) is 0 Å². The first kappa shape index (κ1) is 17.5. The van der Waals surface area contributed by atoms with Crippen LogP contribution >= 0.6 is 0 Å². The van der Waals surface area contributed by atoms with Gasteiger partial charge in [0.05, 0.1) is 30.0 Å². The molecule has 1 aliphatic rings. The zero-order valence-electron chi connectivity index (χ0n) is 14.0. The molecule has 1 N–H and O–H groups in total. The predicted octanol–water partition coefficient (Wildman–Crippen LogP) is 1.05. The summed E-state index contributed by atoms with van der Waals surface area (Å²) in [5.41, 5.74) is 0.424. The van der Waals surface area contributed by atoms with E-state index in [0.29, 0.717) is 26.3 Å². The molecule has 26 heavy (non-hydrogen) atoms. The van der Waals surface area contributed by atoms with Crippen LogP contribution in [0.5, 0.6) is 0 Å². The van der Waals surface area contributed by atoms with Crippen LogP contribution in [0.15, 0.2) is 30.5 Å². The summed E-state index contributed by atoms with van der Waals surface area (Å²) in [4.78, 5) is 37.1. The lowest BCUT2D eigenvalue weighted by Gasteiger charge is -2.27. The lowest BCUT2D eigenvalue weighted by molar-refractivity contribution is -0.384. The van der Waals surface area contributed by atoms with Crippen LogP contribution in [0, 0.1) is 10.1 Å². The molecule has 1 aliphatic heterocycles. The number of nitrogens with one attached hydrogen (secondary N) is 1. The molecule has 0 radical (unpaired) electrons. The van der Waals surface area contributed by atoms with Gasteiger partial charge in [-0.25, -0.2) is 0 Å². The van der Waals surface area contributed by atoms with Gasteiger partial charge in [0, 0.05) is 37.8 Å². The maximum absolute atomic E-state index is 12.7. The van der Waals surface area contributed by atoms with Crippen molar-refractivity contribution in [2.75, 3.05) is 31.6 Å². The van der Waals surface area contributed by atoms with Crippen LogP contribution in [0.2, 0.25) is 0 Å². The van der Waals surface area contributed by atoms with Gasteiger partial charge in [0.15, 0.2) is 0 Å². The number of morpholine rings is 1. The van der Waals surface area contributed by atoms with E-state index in [1.54, 1.807) is 11.9 Å². The predicted molar refractivity (Wildman–Crippen MR) is 91.0 cm³/mol. The molecular formula is C16H17N5O5. The fraction of sp³-hybridized carbons (Fsp3) is 0.312. The van der Waals surface area contributed by atoms with E-state index in [1.165, 1.54) is 35.1 Å². The van der Waals surface area contributed by atoms with E-state index in [2.05, 4.69) is 10.4 Å². The molecule has 3 rings (SSSR count). The average Bonchev–Trinajstić information content (AvgIpc) is 3.02. The number of hydrogen-bond donors (Lipinski definition) is 1. The van der Waals surface area contributed by atoms with Crippen molar-refractivity contribution >= 4 is 23.2 Å². The smallest absolute Gasteiger partial charge is 0.274 e. The van der Waals surface area contributed by atoms with Crippen molar-refractivity contribution in [3.8, 4) is 0 Å². The molecule has 2 amide bonds. The van der Waals surface area contributed by atoms with Crippen LogP contribution < -0.4 is 5.32 Å². The van der Waals surface area contributed by atoms with Crippen LogP contribution in [0.1, 0.15) is 20.8 Å². The zero-order chi connectivity index (χ0) is 18.7. The number of aryl methyl sites for hydroxylation is 1. The highest BCUT2D eigenvalue weighted by Gasteiger charge is 2.25. The largest absolute Gasteiger partial charge is 0.378 e. The zero-order valence-corrected chi connectivity index (χ0v) is 14.0. The molecule has 0 atom stereocenters. The summed E-state index contributed by atoms with van der Waals surface area (Å²) in [5.74, 6) is -0.819. The van der Waals surface area contributed by atoms with Crippen molar-refractivity contribution in [1.29, 1.82) is 0 Å². The van der Waals surface area contributed by atoms with Gasteiger partial charge < -0.3 is 15.0 Å². The minimum atomic E-state index is -0.575. The second-order valence-electron chi connectivity index (χ2n) is 5.70. The van der Waals surface area contributed by atoms with Gasteiger partial charge in [-0.2, -0.15) is 5.10 Å². The average molecular weight is 359 g/mol. The van der Waals surface area contributed by atoms with Gasteiger partial charge >= 0.3 is 0 Å². The van der Waals surface area contributed by atoms with Gasteiger partial charge in [-0.15, -0.1) is 0 Å². The number of hydrogen-bond acceptors (Lipinski definition) is 6. The Morgan fingerprint density at radius 2 is 2.04 bits per heavy atom. The molecular weight excluding hydrogens is 342 g/mol. The number of benzene rings is 1. The Morgan fingerprint density at radius 3 is 2.73 bits per heavy atom. The van der Waals surface area contributed by atoms with Crippen LogP contribution in [-0.2, 0) is 11.8 Å². The number of carbonyl (C=O) groups is 2. The Bertz CT molecular complexity index is 856. The quantitative estimate of drug-likeness (QED) is 0.644. The SMILES string of the molecule is Cn1ncc(NC(=O)c2cccc([N+](=O)[O-])c2)c1C(=O)N1CCOCC1. The first-order valence-electron chi connectivity index (χ1n) is 7.92. The molecule has 2 heterocycles. The number of nitro benzene ring substituents is 1. The summed E-state index contributed by atoms with van der Waals surface area (Å²) in [7, 11) is 1.61.